The fourth-order valence-electron chi connectivity index (χ4n) is 4.88. The van der Waals surface area contributed by atoms with Crippen LogP contribution in [0, 0.1) is 25.6 Å². The van der Waals surface area contributed by atoms with E-state index in [1.54, 1.807) is 25.6 Å². The predicted octanol–water partition coefficient (Wildman–Crippen LogP) is 7.01. The second kappa shape index (κ2) is 11.8. The first-order valence-corrected chi connectivity index (χ1v) is 14.3. The molecule has 1 aliphatic heterocycles. The van der Waals surface area contributed by atoms with Gasteiger partial charge in [0, 0.05) is 35.4 Å². The smallest absolute Gasteiger partial charge is 0.415 e. The minimum atomic E-state index is -0.979. The van der Waals surface area contributed by atoms with E-state index < -0.39 is 23.4 Å². The van der Waals surface area contributed by atoms with Gasteiger partial charge in [0.25, 0.3) is 0 Å². The van der Waals surface area contributed by atoms with E-state index in [4.69, 9.17) is 9.47 Å². The molecule has 3 aromatic carbocycles. The average Bonchev–Trinajstić information content (AvgIpc) is 3.37. The molecule has 0 aromatic heterocycles. The molecule has 0 saturated carbocycles. The third-order valence-corrected chi connectivity index (χ3v) is 8.17. The van der Waals surface area contributed by atoms with Crippen molar-refractivity contribution in [3.63, 3.8) is 0 Å². The maximum absolute atomic E-state index is 13.8. The number of aryl methyl sites for hydroxylation is 2. The van der Waals surface area contributed by atoms with Crippen molar-refractivity contribution in [2.45, 2.75) is 51.0 Å². The zero-order chi connectivity index (χ0) is 29.2. The molecule has 1 heterocycles. The summed E-state index contributed by atoms with van der Waals surface area (Å²) in [5.74, 6) is -0.496. The number of likely N-dealkylation sites (tertiary alicyclic amines) is 1. The van der Waals surface area contributed by atoms with Gasteiger partial charge in [-0.3, -0.25) is 9.59 Å². The van der Waals surface area contributed by atoms with Crippen LogP contribution in [0.1, 0.15) is 53.7 Å². The van der Waals surface area contributed by atoms with Crippen molar-refractivity contribution in [1.29, 1.82) is 0 Å². The molecule has 2 atom stereocenters. The number of ketones is 2. The van der Waals surface area contributed by atoms with Crippen molar-refractivity contribution in [1.82, 2.24) is 4.90 Å². The summed E-state index contributed by atoms with van der Waals surface area (Å²) in [6.45, 7) is 9.25. The van der Waals surface area contributed by atoms with Gasteiger partial charge in [0.1, 0.15) is 17.3 Å². The summed E-state index contributed by atoms with van der Waals surface area (Å²) in [6, 6.07) is 16.6. The van der Waals surface area contributed by atoms with Crippen LogP contribution < -0.4 is 9.47 Å². The minimum absolute atomic E-state index is 0.0527. The van der Waals surface area contributed by atoms with Gasteiger partial charge < -0.3 is 14.4 Å². The first kappa shape index (κ1) is 29.3. The number of hydrogen-bond acceptors (Lipinski definition) is 6. The van der Waals surface area contributed by atoms with Gasteiger partial charge in [-0.05, 0) is 94.0 Å². The zero-order valence-electron chi connectivity index (χ0n) is 23.6. The molecule has 0 radical (unpaired) electrons. The Morgan fingerprint density at radius 1 is 0.950 bits per heavy atom. The van der Waals surface area contributed by atoms with E-state index in [-0.39, 0.29) is 36.3 Å². The van der Waals surface area contributed by atoms with Crippen LogP contribution in [-0.4, -0.2) is 47.5 Å². The number of rotatable bonds is 8. The number of Topliss-reactive ketones (excluding diaryl/α,β-unsaturated/α-hetero) is 2. The van der Waals surface area contributed by atoms with Gasteiger partial charge in [-0.1, -0.05) is 24.3 Å². The van der Waals surface area contributed by atoms with Gasteiger partial charge in [-0.2, -0.15) is 0 Å². The number of ether oxygens (including phenoxy) is 2. The van der Waals surface area contributed by atoms with Crippen LogP contribution in [0.2, 0.25) is 0 Å². The Labute approximate surface area is 238 Å². The number of nitrogens with zero attached hydrogens (tertiary/aromatic N) is 1. The van der Waals surface area contributed by atoms with E-state index in [9.17, 15) is 18.8 Å². The van der Waals surface area contributed by atoms with Crippen molar-refractivity contribution in [2.75, 3.05) is 19.3 Å². The Morgan fingerprint density at radius 2 is 1.55 bits per heavy atom. The lowest BCUT2D eigenvalue weighted by molar-refractivity contribution is -0.129. The van der Waals surface area contributed by atoms with Gasteiger partial charge in [-0.15, -0.1) is 11.8 Å². The summed E-state index contributed by atoms with van der Waals surface area (Å²) in [4.78, 5) is 41.6. The van der Waals surface area contributed by atoms with Crippen LogP contribution in [0.15, 0.2) is 65.6 Å². The molecule has 0 bridgehead atoms. The molecule has 0 spiro atoms. The number of hydrogen-bond donors (Lipinski definition) is 0. The summed E-state index contributed by atoms with van der Waals surface area (Å²) >= 11 is 1.60. The molecule has 3 aromatic rings. The highest BCUT2D eigenvalue weighted by atomic mass is 32.2. The molecule has 1 fully saturated rings. The van der Waals surface area contributed by atoms with Crippen LogP contribution in [0.4, 0.5) is 9.18 Å². The summed E-state index contributed by atoms with van der Waals surface area (Å²) in [6.07, 6.45) is 1.38. The maximum Gasteiger partial charge on any atom is 0.415 e. The summed E-state index contributed by atoms with van der Waals surface area (Å²) in [7, 11) is 0. The highest BCUT2D eigenvalue weighted by Crippen LogP contribution is 2.39. The van der Waals surface area contributed by atoms with Gasteiger partial charge in [0.2, 0.25) is 0 Å². The first-order chi connectivity index (χ1) is 18.9. The van der Waals surface area contributed by atoms with E-state index >= 15 is 0 Å². The maximum atomic E-state index is 13.8. The lowest BCUT2D eigenvalue weighted by Crippen LogP contribution is -2.36. The van der Waals surface area contributed by atoms with Gasteiger partial charge >= 0.3 is 6.09 Å². The van der Waals surface area contributed by atoms with Crippen LogP contribution in [-0.2, 0) is 4.79 Å². The molecule has 4 rings (SSSR count). The van der Waals surface area contributed by atoms with Crippen molar-refractivity contribution < 1.29 is 28.2 Å². The second-order valence-corrected chi connectivity index (χ2v) is 11.6. The SMILES string of the molecule is CSc1ccc(C(=O)[C@@H]2CN(C(=O)Oc3ccc(F)cc3)C[C@H]2c2cc(C)c(OC(C)(C)C(C)=O)c(C)c2)cc1. The fraction of sp³-hybridized carbons (Fsp3) is 0.344. The van der Waals surface area contributed by atoms with E-state index in [0.29, 0.717) is 11.3 Å². The fourth-order valence-corrected chi connectivity index (χ4v) is 5.29. The Hall–Kier alpha value is -3.65. The average molecular weight is 564 g/mol. The largest absolute Gasteiger partial charge is 0.480 e. The molecule has 0 unspecified atom stereocenters. The quantitative estimate of drug-likeness (QED) is 0.217. The Balaban J connectivity index is 1.66. The van der Waals surface area contributed by atoms with Crippen molar-refractivity contribution in [3.8, 4) is 11.5 Å². The molecular formula is C32H34FNO5S. The van der Waals surface area contributed by atoms with E-state index in [0.717, 1.165) is 21.6 Å². The number of carbonyl (C=O) groups is 3. The van der Waals surface area contributed by atoms with Gasteiger partial charge in [0.15, 0.2) is 17.2 Å². The summed E-state index contributed by atoms with van der Waals surface area (Å²) in [5.41, 5.74) is 2.18. The molecule has 6 nitrogen and oxygen atoms in total. The molecule has 40 heavy (non-hydrogen) atoms. The molecule has 8 heteroatoms. The van der Waals surface area contributed by atoms with E-state index in [1.807, 2.05) is 56.5 Å². The highest BCUT2D eigenvalue weighted by molar-refractivity contribution is 7.98. The van der Waals surface area contributed by atoms with Crippen LogP contribution in [0.5, 0.6) is 11.5 Å². The van der Waals surface area contributed by atoms with Gasteiger partial charge in [0.05, 0.1) is 0 Å². The lowest BCUT2D eigenvalue weighted by Gasteiger charge is -2.27. The number of halogens is 1. The standard InChI is InChI=1S/C32H34FNO5S/c1-19-15-23(16-20(2)30(19)39-32(4,5)21(3)35)27-17-34(31(37)38-25-11-9-24(33)10-12-25)18-28(27)29(36)22-7-13-26(40-6)14-8-22/h7-16,27-28H,17-18H2,1-6H3/t27-,28+/m0/s1. The zero-order valence-corrected chi connectivity index (χ0v) is 24.4. The Kier molecular flexibility index (Phi) is 8.68. The van der Waals surface area contributed by atoms with Crippen LogP contribution in [0.25, 0.3) is 0 Å². The molecular weight excluding hydrogens is 529 g/mol. The van der Waals surface area contributed by atoms with Crippen LogP contribution in [0.3, 0.4) is 0 Å². The molecule has 0 aliphatic carbocycles. The Morgan fingerprint density at radius 3 is 2.10 bits per heavy atom. The third-order valence-electron chi connectivity index (χ3n) is 7.42. The number of thioether (sulfide) groups is 1. The molecule has 1 amide bonds. The third kappa shape index (κ3) is 6.39. The van der Waals surface area contributed by atoms with Crippen LogP contribution >= 0.6 is 11.8 Å². The molecule has 1 saturated heterocycles. The lowest BCUT2D eigenvalue weighted by atomic mass is 9.82. The van der Waals surface area contributed by atoms with E-state index in [2.05, 4.69) is 0 Å². The molecule has 1 aliphatic rings. The predicted molar refractivity (Wildman–Crippen MR) is 154 cm³/mol. The topological polar surface area (TPSA) is 72.9 Å². The van der Waals surface area contributed by atoms with Crippen molar-refractivity contribution in [3.05, 3.63) is 88.7 Å². The highest BCUT2D eigenvalue weighted by Gasteiger charge is 2.42. The molecule has 210 valence electrons. The minimum Gasteiger partial charge on any atom is -0.480 e. The molecule has 0 N–H and O–H groups in total. The second-order valence-electron chi connectivity index (χ2n) is 10.7. The van der Waals surface area contributed by atoms with E-state index in [1.165, 1.54) is 36.1 Å². The number of benzene rings is 3. The van der Waals surface area contributed by atoms with Crippen molar-refractivity contribution in [2.24, 2.45) is 5.92 Å². The summed E-state index contributed by atoms with van der Waals surface area (Å²) in [5, 5.41) is 0. The number of amides is 1. The first-order valence-electron chi connectivity index (χ1n) is 13.1. The van der Waals surface area contributed by atoms with Crippen molar-refractivity contribution >= 4 is 29.4 Å². The normalized spacial score (nSPS) is 17.0. The monoisotopic (exact) mass is 563 g/mol. The van der Waals surface area contributed by atoms with Gasteiger partial charge in [-0.25, -0.2) is 9.18 Å². The summed E-state index contributed by atoms with van der Waals surface area (Å²) < 4.78 is 24.9. The Bertz CT molecular complexity index is 1400. The number of carbonyl (C=O) groups excluding carboxylic acids is 3.